The topological polar surface area (TPSA) is 45.9 Å². The van der Waals surface area contributed by atoms with Crippen LogP contribution >= 0.6 is 0 Å². The number of nitrogens with zero attached hydrogens (tertiary/aromatic N) is 2. The maximum atomic E-state index is 8.85. The van der Waals surface area contributed by atoms with Crippen molar-refractivity contribution in [2.24, 2.45) is 0 Å². The Morgan fingerprint density at radius 3 is 2.93 bits per heavy atom. The molecule has 3 nitrogen and oxygen atoms in total. The van der Waals surface area contributed by atoms with Crippen LogP contribution in [-0.2, 0) is 0 Å². The van der Waals surface area contributed by atoms with Gasteiger partial charge in [-0.2, -0.15) is 5.26 Å². The summed E-state index contributed by atoms with van der Waals surface area (Å²) in [6, 6.07) is 9.47. The summed E-state index contributed by atoms with van der Waals surface area (Å²) in [6.07, 6.45) is 1.69. The first-order valence-corrected chi connectivity index (χ1v) is 4.18. The second-order valence-corrected chi connectivity index (χ2v) is 2.83. The number of benzene rings is 1. The molecule has 0 saturated heterocycles. The average molecular weight is 184 g/mol. The molecule has 0 aliphatic carbocycles. The standard InChI is InChI=1S/C11H8N2O/c1-14-11-9(7-12)5-4-8-3-2-6-13-10(8)11/h2-6H,1H3. The van der Waals surface area contributed by atoms with E-state index in [-0.39, 0.29) is 0 Å². The van der Waals surface area contributed by atoms with Crippen molar-refractivity contribution in [1.82, 2.24) is 4.98 Å². The van der Waals surface area contributed by atoms with Crippen molar-refractivity contribution >= 4 is 10.9 Å². The van der Waals surface area contributed by atoms with Crippen molar-refractivity contribution < 1.29 is 4.74 Å². The summed E-state index contributed by atoms with van der Waals surface area (Å²) in [6.45, 7) is 0. The Labute approximate surface area is 81.6 Å². The summed E-state index contributed by atoms with van der Waals surface area (Å²) in [4.78, 5) is 4.18. The highest BCUT2D eigenvalue weighted by Gasteiger charge is 2.07. The van der Waals surface area contributed by atoms with Gasteiger partial charge in [0.25, 0.3) is 0 Å². The van der Waals surface area contributed by atoms with E-state index in [9.17, 15) is 0 Å². The molecule has 0 saturated carbocycles. The van der Waals surface area contributed by atoms with Gasteiger partial charge in [-0.05, 0) is 12.1 Å². The van der Waals surface area contributed by atoms with Gasteiger partial charge < -0.3 is 4.74 Å². The molecule has 2 aromatic rings. The number of aromatic nitrogens is 1. The van der Waals surface area contributed by atoms with Crippen LogP contribution in [0.3, 0.4) is 0 Å². The Morgan fingerprint density at radius 2 is 2.21 bits per heavy atom. The van der Waals surface area contributed by atoms with Gasteiger partial charge >= 0.3 is 0 Å². The van der Waals surface area contributed by atoms with Crippen LogP contribution in [-0.4, -0.2) is 12.1 Å². The zero-order valence-corrected chi connectivity index (χ0v) is 7.69. The maximum Gasteiger partial charge on any atom is 0.162 e. The first-order chi connectivity index (χ1) is 6.86. The average Bonchev–Trinajstić information content (AvgIpc) is 2.27. The van der Waals surface area contributed by atoms with E-state index < -0.39 is 0 Å². The SMILES string of the molecule is COc1c(C#N)ccc2cccnc12. The van der Waals surface area contributed by atoms with E-state index in [1.807, 2.05) is 18.2 Å². The smallest absolute Gasteiger partial charge is 0.162 e. The predicted molar refractivity (Wildman–Crippen MR) is 53.0 cm³/mol. The van der Waals surface area contributed by atoms with Crippen LogP contribution in [0.15, 0.2) is 30.5 Å². The third-order valence-corrected chi connectivity index (χ3v) is 2.05. The number of hydrogen-bond donors (Lipinski definition) is 0. The van der Waals surface area contributed by atoms with Gasteiger partial charge in [-0.15, -0.1) is 0 Å². The largest absolute Gasteiger partial charge is 0.493 e. The lowest BCUT2D eigenvalue weighted by Gasteiger charge is -2.05. The Hall–Kier alpha value is -2.08. The van der Waals surface area contributed by atoms with Gasteiger partial charge in [0.1, 0.15) is 11.6 Å². The molecule has 68 valence electrons. The highest BCUT2D eigenvalue weighted by atomic mass is 16.5. The molecule has 0 bridgehead atoms. The summed E-state index contributed by atoms with van der Waals surface area (Å²) in [7, 11) is 1.55. The zero-order valence-electron chi connectivity index (χ0n) is 7.69. The van der Waals surface area contributed by atoms with Gasteiger partial charge in [-0.1, -0.05) is 12.1 Å². The van der Waals surface area contributed by atoms with E-state index in [0.29, 0.717) is 11.3 Å². The molecule has 14 heavy (non-hydrogen) atoms. The van der Waals surface area contributed by atoms with Gasteiger partial charge in [0.05, 0.1) is 12.7 Å². The minimum absolute atomic E-state index is 0.513. The molecule has 3 heteroatoms. The second kappa shape index (κ2) is 3.35. The van der Waals surface area contributed by atoms with Gasteiger partial charge in [-0.3, -0.25) is 4.98 Å². The molecule has 0 aliphatic rings. The van der Waals surface area contributed by atoms with E-state index in [0.717, 1.165) is 10.9 Å². The van der Waals surface area contributed by atoms with E-state index >= 15 is 0 Å². The number of methoxy groups -OCH3 is 1. The summed E-state index contributed by atoms with van der Waals surface area (Å²) < 4.78 is 5.16. The van der Waals surface area contributed by atoms with Crippen LogP contribution in [0.5, 0.6) is 5.75 Å². The fourth-order valence-corrected chi connectivity index (χ4v) is 1.41. The van der Waals surface area contributed by atoms with Gasteiger partial charge in [0.2, 0.25) is 0 Å². The molecule has 0 N–H and O–H groups in total. The molecule has 0 spiro atoms. The third kappa shape index (κ3) is 1.17. The highest BCUT2D eigenvalue weighted by Crippen LogP contribution is 2.26. The molecule has 2 rings (SSSR count). The normalized spacial score (nSPS) is 9.71. The van der Waals surface area contributed by atoms with E-state index in [1.54, 1.807) is 19.4 Å². The van der Waals surface area contributed by atoms with E-state index in [4.69, 9.17) is 10.00 Å². The van der Waals surface area contributed by atoms with Crippen LogP contribution < -0.4 is 4.74 Å². The zero-order chi connectivity index (χ0) is 9.97. The minimum atomic E-state index is 0.513. The molecule has 0 aliphatic heterocycles. The van der Waals surface area contributed by atoms with Gasteiger partial charge in [-0.25, -0.2) is 0 Å². The number of pyridine rings is 1. The van der Waals surface area contributed by atoms with Gasteiger partial charge in [0, 0.05) is 11.6 Å². The number of fused-ring (bicyclic) bond motifs is 1. The van der Waals surface area contributed by atoms with E-state index in [1.165, 1.54) is 0 Å². The Bertz CT molecular complexity index is 514. The molecular weight excluding hydrogens is 176 g/mol. The fraction of sp³-hybridized carbons (Fsp3) is 0.0909. The summed E-state index contributed by atoms with van der Waals surface area (Å²) in [5, 5.41) is 9.83. The lowest BCUT2D eigenvalue weighted by molar-refractivity contribution is 0.417. The van der Waals surface area contributed by atoms with Crippen LogP contribution in [0.1, 0.15) is 5.56 Å². The monoisotopic (exact) mass is 184 g/mol. The number of rotatable bonds is 1. The Morgan fingerprint density at radius 1 is 1.36 bits per heavy atom. The maximum absolute atomic E-state index is 8.85. The van der Waals surface area contributed by atoms with Crippen molar-refractivity contribution in [3.05, 3.63) is 36.0 Å². The molecule has 1 aromatic heterocycles. The third-order valence-electron chi connectivity index (χ3n) is 2.05. The van der Waals surface area contributed by atoms with Crippen LogP contribution in [0, 0.1) is 11.3 Å². The minimum Gasteiger partial charge on any atom is -0.493 e. The molecule has 0 unspecified atom stereocenters. The Balaban J connectivity index is 2.85. The molecule has 0 fully saturated rings. The number of ether oxygens (including phenoxy) is 1. The quantitative estimate of drug-likeness (QED) is 0.681. The van der Waals surface area contributed by atoms with Crippen molar-refractivity contribution in [3.63, 3.8) is 0 Å². The summed E-state index contributed by atoms with van der Waals surface area (Å²) >= 11 is 0. The second-order valence-electron chi connectivity index (χ2n) is 2.83. The molecule has 0 amide bonds. The predicted octanol–water partition coefficient (Wildman–Crippen LogP) is 2.12. The van der Waals surface area contributed by atoms with E-state index in [2.05, 4.69) is 11.1 Å². The highest BCUT2D eigenvalue weighted by molar-refractivity contribution is 5.86. The van der Waals surface area contributed by atoms with Crippen molar-refractivity contribution in [3.8, 4) is 11.8 Å². The number of nitriles is 1. The van der Waals surface area contributed by atoms with Crippen molar-refractivity contribution in [1.29, 1.82) is 5.26 Å². The fourth-order valence-electron chi connectivity index (χ4n) is 1.41. The first kappa shape index (κ1) is 8.52. The van der Waals surface area contributed by atoms with Crippen LogP contribution in [0.25, 0.3) is 10.9 Å². The van der Waals surface area contributed by atoms with Crippen LogP contribution in [0.4, 0.5) is 0 Å². The first-order valence-electron chi connectivity index (χ1n) is 4.18. The molecule has 0 radical (unpaired) electrons. The van der Waals surface area contributed by atoms with Gasteiger partial charge in [0.15, 0.2) is 5.75 Å². The lowest BCUT2D eigenvalue weighted by atomic mass is 10.1. The van der Waals surface area contributed by atoms with Crippen molar-refractivity contribution in [2.45, 2.75) is 0 Å². The summed E-state index contributed by atoms with van der Waals surface area (Å²) in [5.74, 6) is 0.547. The van der Waals surface area contributed by atoms with Crippen molar-refractivity contribution in [2.75, 3.05) is 7.11 Å². The summed E-state index contributed by atoms with van der Waals surface area (Å²) in [5.41, 5.74) is 1.24. The molecule has 1 aromatic carbocycles. The lowest BCUT2D eigenvalue weighted by Crippen LogP contribution is -1.91. The van der Waals surface area contributed by atoms with Crippen LogP contribution in [0.2, 0.25) is 0 Å². The Kier molecular flexibility index (Phi) is 2.04. The number of hydrogen-bond acceptors (Lipinski definition) is 3. The molecule has 0 atom stereocenters. The molecular formula is C11H8N2O. The molecule has 1 heterocycles.